The van der Waals surface area contributed by atoms with Gasteiger partial charge in [-0.15, -0.1) is 11.3 Å². The summed E-state index contributed by atoms with van der Waals surface area (Å²) in [5.74, 6) is 0. The monoisotopic (exact) mass is 383 g/mol. The lowest BCUT2D eigenvalue weighted by atomic mass is 9.97. The molecule has 0 aliphatic heterocycles. The lowest BCUT2D eigenvalue weighted by Gasteiger charge is -2.08. The molecule has 1 heterocycles. The molecule has 0 atom stereocenters. The average Bonchev–Trinajstić information content (AvgIpc) is 3.20. The lowest BCUT2D eigenvalue weighted by molar-refractivity contribution is 1.29. The van der Waals surface area contributed by atoms with Crippen molar-refractivity contribution in [3.8, 4) is 22.4 Å². The SMILES string of the molecule is Cc1ccc(-c2ccccc2C=NNc2nc(-c3ccccc3)cs2)cc1C. The van der Waals surface area contributed by atoms with Crippen molar-refractivity contribution in [1.29, 1.82) is 0 Å². The van der Waals surface area contributed by atoms with Crippen molar-refractivity contribution in [2.75, 3.05) is 5.43 Å². The van der Waals surface area contributed by atoms with Crippen molar-refractivity contribution >= 4 is 22.7 Å². The van der Waals surface area contributed by atoms with Crippen LogP contribution >= 0.6 is 11.3 Å². The second kappa shape index (κ2) is 8.19. The summed E-state index contributed by atoms with van der Waals surface area (Å²) in [5, 5.41) is 7.23. The number of hydrogen-bond donors (Lipinski definition) is 1. The predicted molar refractivity (Wildman–Crippen MR) is 120 cm³/mol. The first-order chi connectivity index (χ1) is 13.7. The number of thiazole rings is 1. The first kappa shape index (κ1) is 18.1. The molecule has 0 fully saturated rings. The third-order valence-corrected chi connectivity index (χ3v) is 5.46. The Morgan fingerprint density at radius 2 is 1.64 bits per heavy atom. The zero-order valence-corrected chi connectivity index (χ0v) is 16.7. The standard InChI is InChI=1S/C24H21N3S/c1-17-12-13-20(14-18(17)2)22-11-7-6-10-21(22)15-25-27-24-26-23(16-28-24)19-8-4-3-5-9-19/h3-16H,1-2H3,(H,26,27). The Kier molecular flexibility index (Phi) is 5.31. The van der Waals surface area contributed by atoms with E-state index in [9.17, 15) is 0 Å². The van der Waals surface area contributed by atoms with Crippen molar-refractivity contribution in [3.05, 3.63) is 94.9 Å². The van der Waals surface area contributed by atoms with E-state index in [1.807, 2.05) is 35.9 Å². The Morgan fingerprint density at radius 1 is 0.857 bits per heavy atom. The van der Waals surface area contributed by atoms with Crippen LogP contribution in [0.4, 0.5) is 5.13 Å². The van der Waals surface area contributed by atoms with Gasteiger partial charge in [0.1, 0.15) is 0 Å². The molecule has 3 aromatic carbocycles. The summed E-state index contributed by atoms with van der Waals surface area (Å²) in [7, 11) is 0. The predicted octanol–water partition coefficient (Wildman–Crippen LogP) is 6.54. The maximum Gasteiger partial charge on any atom is 0.203 e. The fourth-order valence-electron chi connectivity index (χ4n) is 3.01. The molecule has 0 spiro atoms. The Bertz CT molecular complexity index is 1110. The number of aryl methyl sites for hydroxylation is 2. The maximum atomic E-state index is 4.61. The van der Waals surface area contributed by atoms with Gasteiger partial charge in [-0.2, -0.15) is 5.10 Å². The van der Waals surface area contributed by atoms with Gasteiger partial charge >= 0.3 is 0 Å². The van der Waals surface area contributed by atoms with Gasteiger partial charge in [0, 0.05) is 16.5 Å². The third-order valence-electron chi connectivity index (χ3n) is 4.72. The number of nitrogens with one attached hydrogen (secondary N) is 1. The highest BCUT2D eigenvalue weighted by atomic mass is 32.1. The van der Waals surface area contributed by atoms with Crippen molar-refractivity contribution in [2.24, 2.45) is 5.10 Å². The van der Waals surface area contributed by atoms with Crippen LogP contribution < -0.4 is 5.43 Å². The molecule has 3 nitrogen and oxygen atoms in total. The van der Waals surface area contributed by atoms with E-state index in [0.29, 0.717) is 0 Å². The molecule has 4 aromatic rings. The number of nitrogens with zero attached hydrogens (tertiary/aromatic N) is 2. The van der Waals surface area contributed by atoms with Crippen molar-refractivity contribution < 1.29 is 0 Å². The van der Waals surface area contributed by atoms with E-state index in [-0.39, 0.29) is 0 Å². The highest BCUT2D eigenvalue weighted by Gasteiger charge is 2.05. The van der Waals surface area contributed by atoms with Gasteiger partial charge in [-0.1, -0.05) is 72.8 Å². The van der Waals surface area contributed by atoms with Crippen molar-refractivity contribution in [3.63, 3.8) is 0 Å². The van der Waals surface area contributed by atoms with Crippen LogP contribution in [0.1, 0.15) is 16.7 Å². The zero-order chi connectivity index (χ0) is 19.3. The van der Waals surface area contributed by atoms with Crippen LogP contribution in [-0.4, -0.2) is 11.2 Å². The summed E-state index contributed by atoms with van der Waals surface area (Å²) in [6.07, 6.45) is 1.86. The topological polar surface area (TPSA) is 37.3 Å². The van der Waals surface area contributed by atoms with Gasteiger partial charge in [0.2, 0.25) is 5.13 Å². The molecule has 0 bridgehead atoms. The number of rotatable bonds is 5. The Morgan fingerprint density at radius 3 is 2.46 bits per heavy atom. The molecular weight excluding hydrogens is 362 g/mol. The molecule has 4 heteroatoms. The fraction of sp³-hybridized carbons (Fsp3) is 0.0833. The van der Waals surface area contributed by atoms with Gasteiger partial charge in [-0.05, 0) is 36.1 Å². The summed E-state index contributed by atoms with van der Waals surface area (Å²) in [5.41, 5.74) is 11.1. The molecule has 0 saturated carbocycles. The molecule has 4 rings (SSSR count). The quantitative estimate of drug-likeness (QED) is 0.314. The highest BCUT2D eigenvalue weighted by molar-refractivity contribution is 7.14. The van der Waals surface area contributed by atoms with Gasteiger partial charge in [0.25, 0.3) is 0 Å². The zero-order valence-electron chi connectivity index (χ0n) is 15.9. The van der Waals surface area contributed by atoms with E-state index < -0.39 is 0 Å². The highest BCUT2D eigenvalue weighted by Crippen LogP contribution is 2.26. The average molecular weight is 384 g/mol. The van der Waals surface area contributed by atoms with Gasteiger partial charge in [-0.25, -0.2) is 4.98 Å². The van der Waals surface area contributed by atoms with E-state index >= 15 is 0 Å². The van der Waals surface area contributed by atoms with E-state index in [1.54, 1.807) is 11.3 Å². The minimum absolute atomic E-state index is 0.777. The molecule has 0 unspecified atom stereocenters. The second-order valence-corrected chi connectivity index (χ2v) is 7.52. The van der Waals surface area contributed by atoms with Crippen LogP contribution in [0.5, 0.6) is 0 Å². The number of anilines is 1. The van der Waals surface area contributed by atoms with Gasteiger partial charge in [0.15, 0.2) is 0 Å². The summed E-state index contributed by atoms with van der Waals surface area (Å²) in [6.45, 7) is 4.28. The van der Waals surface area contributed by atoms with Crippen LogP contribution in [0.2, 0.25) is 0 Å². The Labute approximate surface area is 169 Å². The van der Waals surface area contributed by atoms with Gasteiger partial charge in [0.05, 0.1) is 11.9 Å². The Hall–Kier alpha value is -3.24. The number of hydrogen-bond acceptors (Lipinski definition) is 4. The van der Waals surface area contributed by atoms with E-state index in [4.69, 9.17) is 0 Å². The van der Waals surface area contributed by atoms with Crippen molar-refractivity contribution in [1.82, 2.24) is 4.98 Å². The summed E-state index contributed by atoms with van der Waals surface area (Å²) < 4.78 is 0. The fourth-order valence-corrected chi connectivity index (χ4v) is 3.67. The van der Waals surface area contributed by atoms with Crippen LogP contribution in [0.15, 0.2) is 83.3 Å². The smallest absolute Gasteiger partial charge is 0.203 e. The molecule has 138 valence electrons. The summed E-state index contributed by atoms with van der Waals surface area (Å²) in [4.78, 5) is 4.61. The molecule has 0 aliphatic rings. The normalized spacial score (nSPS) is 11.1. The van der Waals surface area contributed by atoms with Crippen LogP contribution in [0, 0.1) is 13.8 Å². The largest absolute Gasteiger partial charge is 0.253 e. The molecular formula is C24H21N3S. The molecule has 0 aliphatic carbocycles. The van der Waals surface area contributed by atoms with Gasteiger partial charge in [-0.3, -0.25) is 5.43 Å². The number of hydrazone groups is 1. The summed E-state index contributed by atoms with van der Waals surface area (Å²) in [6, 6.07) is 25.0. The Balaban J connectivity index is 1.53. The molecule has 28 heavy (non-hydrogen) atoms. The third kappa shape index (κ3) is 4.02. The molecule has 0 radical (unpaired) electrons. The number of benzene rings is 3. The lowest BCUT2D eigenvalue weighted by Crippen LogP contribution is -1.93. The van der Waals surface area contributed by atoms with E-state index in [0.717, 1.165) is 22.0 Å². The minimum atomic E-state index is 0.777. The second-order valence-electron chi connectivity index (χ2n) is 6.66. The van der Waals surface area contributed by atoms with E-state index in [2.05, 4.69) is 77.9 Å². The van der Waals surface area contributed by atoms with Crippen LogP contribution in [0.3, 0.4) is 0 Å². The van der Waals surface area contributed by atoms with Crippen LogP contribution in [-0.2, 0) is 0 Å². The molecule has 1 aromatic heterocycles. The molecule has 0 saturated heterocycles. The first-order valence-electron chi connectivity index (χ1n) is 9.17. The van der Waals surface area contributed by atoms with Crippen LogP contribution in [0.25, 0.3) is 22.4 Å². The minimum Gasteiger partial charge on any atom is -0.253 e. The van der Waals surface area contributed by atoms with Gasteiger partial charge < -0.3 is 0 Å². The van der Waals surface area contributed by atoms with Crippen molar-refractivity contribution in [2.45, 2.75) is 13.8 Å². The molecule has 0 amide bonds. The first-order valence-corrected chi connectivity index (χ1v) is 10.1. The van der Waals surface area contributed by atoms with E-state index in [1.165, 1.54) is 22.3 Å². The summed E-state index contributed by atoms with van der Waals surface area (Å²) >= 11 is 1.55. The molecule has 1 N–H and O–H groups in total. The number of aromatic nitrogens is 1. The maximum absolute atomic E-state index is 4.61.